The van der Waals surface area contributed by atoms with Gasteiger partial charge in [0.05, 0.1) is 0 Å². The monoisotopic (exact) mass is 308 g/mol. The molecule has 0 unspecified atom stereocenters. The van der Waals surface area contributed by atoms with E-state index >= 15 is 0 Å². The Bertz CT molecular complexity index is 444. The van der Waals surface area contributed by atoms with Crippen molar-refractivity contribution in [3.8, 4) is 5.75 Å². The number of thioether (sulfide) groups is 1. The van der Waals surface area contributed by atoms with E-state index in [1.807, 2.05) is 25.3 Å². The number of ether oxygens (including phenoxy) is 2. The van der Waals surface area contributed by atoms with Crippen molar-refractivity contribution in [3.63, 3.8) is 0 Å². The van der Waals surface area contributed by atoms with Crippen LogP contribution in [-0.4, -0.2) is 24.3 Å². The predicted octanol–water partition coefficient (Wildman–Crippen LogP) is 4.37. The van der Waals surface area contributed by atoms with Crippen molar-refractivity contribution in [2.75, 3.05) is 12.2 Å². The molecule has 2 atom stereocenters. The van der Waals surface area contributed by atoms with Gasteiger partial charge in [-0.25, -0.2) is 0 Å². The highest BCUT2D eigenvalue weighted by atomic mass is 32.2. The van der Waals surface area contributed by atoms with Crippen LogP contribution in [0.5, 0.6) is 5.75 Å². The zero-order chi connectivity index (χ0) is 15.1. The predicted molar refractivity (Wildman–Crippen MR) is 86.8 cm³/mol. The van der Waals surface area contributed by atoms with Crippen molar-refractivity contribution in [1.82, 2.24) is 0 Å². The Morgan fingerprint density at radius 2 is 1.95 bits per heavy atom. The first-order valence-electron chi connectivity index (χ1n) is 7.65. The average molecular weight is 308 g/mol. The molecule has 1 saturated carbocycles. The summed E-state index contributed by atoms with van der Waals surface area (Å²) in [5.41, 5.74) is 1.25. The highest BCUT2D eigenvalue weighted by molar-refractivity contribution is 7.98. The van der Waals surface area contributed by atoms with Crippen LogP contribution in [0.25, 0.3) is 0 Å². The van der Waals surface area contributed by atoms with Gasteiger partial charge < -0.3 is 9.47 Å². The molecule has 0 radical (unpaired) electrons. The van der Waals surface area contributed by atoms with Gasteiger partial charge in [-0.3, -0.25) is 4.79 Å². The number of carbonyl (C=O) groups excluding carboxylic acids is 1. The lowest BCUT2D eigenvalue weighted by atomic mass is 9.81. The molecule has 0 bridgehead atoms. The topological polar surface area (TPSA) is 35.5 Å². The molecule has 1 fully saturated rings. The second kappa shape index (κ2) is 8.32. The van der Waals surface area contributed by atoms with Gasteiger partial charge in [0.25, 0.3) is 0 Å². The summed E-state index contributed by atoms with van der Waals surface area (Å²) in [6.45, 7) is 1.85. The third-order valence-electron chi connectivity index (χ3n) is 3.93. The molecule has 0 saturated heterocycles. The van der Waals surface area contributed by atoms with Crippen molar-refractivity contribution in [2.24, 2.45) is 0 Å². The summed E-state index contributed by atoms with van der Waals surface area (Å²) in [7, 11) is 0. The number of rotatable bonds is 6. The first-order chi connectivity index (χ1) is 10.2. The first kappa shape index (κ1) is 16.2. The SMILES string of the molecule is CCC(=O)O[C@H]1CCCC[C@@H]1c1ccc(OCSC)cc1. The maximum atomic E-state index is 11.6. The van der Waals surface area contributed by atoms with Crippen molar-refractivity contribution < 1.29 is 14.3 Å². The summed E-state index contributed by atoms with van der Waals surface area (Å²) in [6.07, 6.45) is 6.91. The van der Waals surface area contributed by atoms with Gasteiger partial charge in [0.15, 0.2) is 0 Å². The van der Waals surface area contributed by atoms with Gasteiger partial charge in [-0.15, -0.1) is 11.8 Å². The average Bonchev–Trinajstić information content (AvgIpc) is 2.54. The van der Waals surface area contributed by atoms with Gasteiger partial charge in [0.2, 0.25) is 0 Å². The van der Waals surface area contributed by atoms with E-state index in [2.05, 4.69) is 12.1 Å². The van der Waals surface area contributed by atoms with Crippen LogP contribution in [0, 0.1) is 0 Å². The lowest BCUT2D eigenvalue weighted by molar-refractivity contribution is -0.151. The van der Waals surface area contributed by atoms with Crippen LogP contribution in [-0.2, 0) is 9.53 Å². The van der Waals surface area contributed by atoms with E-state index in [1.165, 1.54) is 12.0 Å². The van der Waals surface area contributed by atoms with Gasteiger partial charge in [0, 0.05) is 12.3 Å². The van der Waals surface area contributed by atoms with E-state index < -0.39 is 0 Å². The van der Waals surface area contributed by atoms with Crippen molar-refractivity contribution >= 4 is 17.7 Å². The summed E-state index contributed by atoms with van der Waals surface area (Å²) in [5, 5.41) is 0. The molecule has 1 aliphatic carbocycles. The highest BCUT2D eigenvalue weighted by Gasteiger charge is 2.29. The molecule has 4 heteroatoms. The summed E-state index contributed by atoms with van der Waals surface area (Å²) < 4.78 is 11.2. The summed E-state index contributed by atoms with van der Waals surface area (Å²) in [6, 6.07) is 8.24. The Balaban J connectivity index is 2.04. The van der Waals surface area contributed by atoms with Gasteiger partial charge in [-0.05, 0) is 43.2 Å². The zero-order valence-corrected chi connectivity index (χ0v) is 13.7. The molecular weight excluding hydrogens is 284 g/mol. The van der Waals surface area contributed by atoms with Crippen LogP contribution in [0.2, 0.25) is 0 Å². The van der Waals surface area contributed by atoms with Crippen LogP contribution >= 0.6 is 11.8 Å². The Kier molecular flexibility index (Phi) is 6.43. The van der Waals surface area contributed by atoms with E-state index in [1.54, 1.807) is 11.8 Å². The van der Waals surface area contributed by atoms with Gasteiger partial charge in [-0.2, -0.15) is 0 Å². The summed E-state index contributed by atoms with van der Waals surface area (Å²) >= 11 is 1.66. The van der Waals surface area contributed by atoms with E-state index in [4.69, 9.17) is 9.47 Å². The standard InChI is InChI=1S/C17H24O3S/c1-3-17(18)20-16-7-5-4-6-15(16)13-8-10-14(11-9-13)19-12-21-2/h8-11,15-16H,3-7,12H2,1-2H3/t15-,16+/m1/s1. The molecule has 1 aliphatic rings. The fraction of sp³-hybridized carbons (Fsp3) is 0.588. The molecule has 2 rings (SSSR count). The van der Waals surface area contributed by atoms with Crippen molar-refractivity contribution in [1.29, 1.82) is 0 Å². The third-order valence-corrected chi connectivity index (χ3v) is 4.28. The van der Waals surface area contributed by atoms with E-state index in [-0.39, 0.29) is 12.1 Å². The summed E-state index contributed by atoms with van der Waals surface area (Å²) in [4.78, 5) is 11.6. The number of hydrogen-bond acceptors (Lipinski definition) is 4. The molecule has 21 heavy (non-hydrogen) atoms. The second-order valence-corrected chi connectivity index (χ2v) is 6.21. The molecule has 1 aromatic rings. The molecule has 0 amide bonds. The Morgan fingerprint density at radius 1 is 1.24 bits per heavy atom. The molecule has 0 spiro atoms. The Morgan fingerprint density at radius 3 is 2.62 bits per heavy atom. The fourth-order valence-electron chi connectivity index (χ4n) is 2.81. The number of esters is 1. The molecule has 0 aliphatic heterocycles. The maximum absolute atomic E-state index is 11.6. The molecule has 1 aromatic carbocycles. The van der Waals surface area contributed by atoms with E-state index in [0.29, 0.717) is 18.3 Å². The van der Waals surface area contributed by atoms with Crippen molar-refractivity contribution in [3.05, 3.63) is 29.8 Å². The molecule has 3 nitrogen and oxygen atoms in total. The lowest BCUT2D eigenvalue weighted by Gasteiger charge is -2.31. The van der Waals surface area contributed by atoms with E-state index in [0.717, 1.165) is 25.0 Å². The largest absolute Gasteiger partial charge is 0.483 e. The molecule has 116 valence electrons. The van der Waals surface area contributed by atoms with Gasteiger partial charge in [0.1, 0.15) is 17.8 Å². The molecule has 0 N–H and O–H groups in total. The zero-order valence-electron chi connectivity index (χ0n) is 12.8. The lowest BCUT2D eigenvalue weighted by Crippen LogP contribution is -2.28. The Hall–Kier alpha value is -1.16. The minimum Gasteiger partial charge on any atom is -0.483 e. The minimum absolute atomic E-state index is 0.0316. The quantitative estimate of drug-likeness (QED) is 0.577. The highest BCUT2D eigenvalue weighted by Crippen LogP contribution is 2.35. The van der Waals surface area contributed by atoms with Crippen LogP contribution in [0.3, 0.4) is 0 Å². The Labute approximate surface area is 131 Å². The first-order valence-corrected chi connectivity index (χ1v) is 9.05. The number of hydrogen-bond donors (Lipinski definition) is 0. The number of carbonyl (C=O) groups is 1. The normalized spacial score (nSPS) is 21.8. The summed E-state index contributed by atoms with van der Waals surface area (Å²) in [5.74, 6) is 1.79. The molecule has 0 aromatic heterocycles. The van der Waals surface area contributed by atoms with Crippen molar-refractivity contribution in [2.45, 2.75) is 51.0 Å². The number of benzene rings is 1. The minimum atomic E-state index is -0.0909. The van der Waals surface area contributed by atoms with Gasteiger partial charge >= 0.3 is 5.97 Å². The van der Waals surface area contributed by atoms with Crippen LogP contribution < -0.4 is 4.74 Å². The third kappa shape index (κ3) is 4.67. The fourth-order valence-corrected chi connectivity index (χ4v) is 3.06. The van der Waals surface area contributed by atoms with Gasteiger partial charge in [-0.1, -0.05) is 25.5 Å². The van der Waals surface area contributed by atoms with Crippen LogP contribution in [0.15, 0.2) is 24.3 Å². The van der Waals surface area contributed by atoms with Crippen LogP contribution in [0.1, 0.15) is 50.5 Å². The molecule has 0 heterocycles. The molecular formula is C17H24O3S. The maximum Gasteiger partial charge on any atom is 0.305 e. The van der Waals surface area contributed by atoms with Crippen LogP contribution in [0.4, 0.5) is 0 Å². The second-order valence-electron chi connectivity index (χ2n) is 5.39. The van der Waals surface area contributed by atoms with E-state index in [9.17, 15) is 4.79 Å². The smallest absolute Gasteiger partial charge is 0.305 e.